The second-order valence-electron chi connectivity index (χ2n) is 7.47. The van der Waals surface area contributed by atoms with Crippen LogP contribution >= 0.6 is 11.6 Å². The molecule has 0 saturated heterocycles. The van der Waals surface area contributed by atoms with E-state index in [9.17, 15) is 4.39 Å². The number of H-pyrrole nitrogens is 1. The van der Waals surface area contributed by atoms with Crippen molar-refractivity contribution in [2.45, 2.75) is 6.54 Å². The molecular formula is C23H15ClFN7. The summed E-state index contributed by atoms with van der Waals surface area (Å²) in [6.45, 7) is 0.535. The van der Waals surface area contributed by atoms with E-state index in [4.69, 9.17) is 11.6 Å². The monoisotopic (exact) mass is 443 g/mol. The van der Waals surface area contributed by atoms with Crippen LogP contribution in [0.5, 0.6) is 0 Å². The van der Waals surface area contributed by atoms with E-state index in [1.807, 2.05) is 59.3 Å². The highest BCUT2D eigenvalue weighted by Crippen LogP contribution is 2.28. The Kier molecular flexibility index (Phi) is 4.26. The standard InChI is InChI=1S/C23H15ClFN7/c24-17-4-1-14(2-5-17)13-31-21(7-8-27-31)16-9-19(25)23-22(10-16)32(30-29-23)18-6-3-15-12-26-28-20(15)11-18/h1-12H,13H2,(H,26,28). The van der Waals surface area contributed by atoms with Gasteiger partial charge in [-0.3, -0.25) is 9.78 Å². The first-order valence-electron chi connectivity index (χ1n) is 9.91. The lowest BCUT2D eigenvalue weighted by molar-refractivity contribution is 0.635. The third kappa shape index (κ3) is 3.12. The molecule has 156 valence electrons. The van der Waals surface area contributed by atoms with Gasteiger partial charge >= 0.3 is 0 Å². The summed E-state index contributed by atoms with van der Waals surface area (Å²) in [6, 6.07) is 18.5. The van der Waals surface area contributed by atoms with Crippen LogP contribution in [-0.2, 0) is 6.54 Å². The average Bonchev–Trinajstić information content (AvgIpc) is 3.54. The van der Waals surface area contributed by atoms with Gasteiger partial charge in [-0.25, -0.2) is 9.07 Å². The van der Waals surface area contributed by atoms with Gasteiger partial charge in [0.05, 0.1) is 35.2 Å². The first-order chi connectivity index (χ1) is 15.7. The fourth-order valence-electron chi connectivity index (χ4n) is 3.84. The molecule has 1 N–H and O–H groups in total. The molecule has 0 aliphatic rings. The van der Waals surface area contributed by atoms with Gasteiger partial charge in [0.25, 0.3) is 0 Å². The maximum absolute atomic E-state index is 15.0. The van der Waals surface area contributed by atoms with Crippen molar-refractivity contribution < 1.29 is 4.39 Å². The Bertz CT molecular complexity index is 1580. The Balaban J connectivity index is 1.45. The van der Waals surface area contributed by atoms with Gasteiger partial charge in [-0.15, -0.1) is 5.10 Å². The van der Waals surface area contributed by atoms with Gasteiger partial charge in [-0.1, -0.05) is 28.9 Å². The number of aromatic nitrogens is 7. The lowest BCUT2D eigenvalue weighted by Gasteiger charge is -2.09. The largest absolute Gasteiger partial charge is 0.278 e. The molecule has 32 heavy (non-hydrogen) atoms. The normalized spacial score (nSPS) is 11.6. The van der Waals surface area contributed by atoms with Gasteiger partial charge in [-0.2, -0.15) is 10.2 Å². The van der Waals surface area contributed by atoms with Crippen LogP contribution < -0.4 is 0 Å². The number of benzene rings is 3. The number of nitrogens with one attached hydrogen (secondary N) is 1. The summed E-state index contributed by atoms with van der Waals surface area (Å²) in [5, 5.41) is 21.3. The number of hydrogen-bond acceptors (Lipinski definition) is 4. The highest BCUT2D eigenvalue weighted by atomic mass is 35.5. The van der Waals surface area contributed by atoms with E-state index in [0.717, 1.165) is 27.8 Å². The van der Waals surface area contributed by atoms with Crippen molar-refractivity contribution in [3.8, 4) is 16.9 Å². The molecule has 0 aliphatic carbocycles. The zero-order chi connectivity index (χ0) is 21.7. The minimum Gasteiger partial charge on any atom is -0.278 e. The Morgan fingerprint density at radius 2 is 1.88 bits per heavy atom. The maximum Gasteiger partial charge on any atom is 0.153 e. The summed E-state index contributed by atoms with van der Waals surface area (Å²) in [5.74, 6) is -0.439. The average molecular weight is 444 g/mol. The summed E-state index contributed by atoms with van der Waals surface area (Å²) in [4.78, 5) is 0. The predicted molar refractivity (Wildman–Crippen MR) is 120 cm³/mol. The number of hydrogen-bond donors (Lipinski definition) is 1. The number of halogens is 2. The van der Waals surface area contributed by atoms with Crippen molar-refractivity contribution in [3.63, 3.8) is 0 Å². The lowest BCUT2D eigenvalue weighted by atomic mass is 10.1. The Labute approximate surface area is 186 Å². The number of aromatic amines is 1. The molecule has 0 fully saturated rings. The van der Waals surface area contributed by atoms with Crippen molar-refractivity contribution in [1.82, 2.24) is 35.0 Å². The second kappa shape index (κ2) is 7.28. The number of rotatable bonds is 4. The van der Waals surface area contributed by atoms with Crippen LogP contribution in [0.25, 0.3) is 38.9 Å². The van der Waals surface area contributed by atoms with Crippen LogP contribution in [-0.4, -0.2) is 35.0 Å². The van der Waals surface area contributed by atoms with Gasteiger partial charge in [-0.05, 0) is 54.1 Å². The molecule has 9 heteroatoms. The zero-order valence-electron chi connectivity index (χ0n) is 16.6. The van der Waals surface area contributed by atoms with E-state index < -0.39 is 5.82 Å². The summed E-state index contributed by atoms with van der Waals surface area (Å²) >= 11 is 5.99. The fraction of sp³-hybridized carbons (Fsp3) is 0.0435. The van der Waals surface area contributed by atoms with Crippen molar-refractivity contribution in [1.29, 1.82) is 0 Å². The topological polar surface area (TPSA) is 77.2 Å². The predicted octanol–water partition coefficient (Wildman–Crippen LogP) is 5.00. The van der Waals surface area contributed by atoms with Crippen molar-refractivity contribution in [2.24, 2.45) is 0 Å². The first kappa shape index (κ1) is 18.7. The summed E-state index contributed by atoms with van der Waals surface area (Å²) in [6.07, 6.45) is 3.45. The van der Waals surface area contributed by atoms with Crippen LogP contribution in [0.4, 0.5) is 4.39 Å². The smallest absolute Gasteiger partial charge is 0.153 e. The molecule has 0 aliphatic heterocycles. The highest BCUT2D eigenvalue weighted by molar-refractivity contribution is 6.30. The van der Waals surface area contributed by atoms with Gasteiger partial charge in [0.2, 0.25) is 0 Å². The minimum absolute atomic E-state index is 0.210. The van der Waals surface area contributed by atoms with E-state index >= 15 is 0 Å². The molecule has 3 aromatic heterocycles. The molecule has 0 radical (unpaired) electrons. The first-order valence-corrected chi connectivity index (χ1v) is 10.3. The van der Waals surface area contributed by atoms with Crippen LogP contribution in [0.3, 0.4) is 0 Å². The molecule has 0 atom stereocenters. The quantitative estimate of drug-likeness (QED) is 0.416. The molecule has 0 amide bonds. The molecule has 0 unspecified atom stereocenters. The van der Waals surface area contributed by atoms with Crippen LogP contribution in [0.2, 0.25) is 5.02 Å². The molecule has 0 bridgehead atoms. The van der Waals surface area contributed by atoms with Crippen molar-refractivity contribution in [3.05, 3.63) is 89.5 Å². The summed E-state index contributed by atoms with van der Waals surface area (Å²) in [7, 11) is 0. The molecule has 0 saturated carbocycles. The lowest BCUT2D eigenvalue weighted by Crippen LogP contribution is -2.04. The fourth-order valence-corrected chi connectivity index (χ4v) is 3.97. The van der Waals surface area contributed by atoms with Crippen LogP contribution in [0.15, 0.2) is 73.1 Å². The molecule has 3 heterocycles. The molecule has 7 nitrogen and oxygen atoms in total. The Morgan fingerprint density at radius 3 is 2.75 bits per heavy atom. The summed E-state index contributed by atoms with van der Waals surface area (Å²) in [5.41, 5.74) is 4.92. The Hall–Kier alpha value is -4.04. The van der Waals surface area contributed by atoms with Gasteiger partial charge < -0.3 is 0 Å². The molecule has 6 aromatic rings. The van der Waals surface area contributed by atoms with Crippen LogP contribution in [0.1, 0.15) is 5.56 Å². The highest BCUT2D eigenvalue weighted by Gasteiger charge is 2.16. The van der Waals surface area contributed by atoms with Crippen molar-refractivity contribution in [2.75, 3.05) is 0 Å². The summed E-state index contributed by atoms with van der Waals surface area (Å²) < 4.78 is 18.5. The third-order valence-corrected chi connectivity index (χ3v) is 5.69. The van der Waals surface area contributed by atoms with Gasteiger partial charge in [0.1, 0.15) is 5.52 Å². The van der Waals surface area contributed by atoms with E-state index in [2.05, 4.69) is 25.6 Å². The van der Waals surface area contributed by atoms with E-state index in [1.54, 1.807) is 17.1 Å². The van der Waals surface area contributed by atoms with E-state index in [0.29, 0.717) is 22.6 Å². The number of nitrogens with zero attached hydrogens (tertiary/aromatic N) is 6. The SMILES string of the molecule is Fc1cc(-c2ccnn2Cc2ccc(Cl)cc2)cc2c1nnn2-c1ccc2cn[nH]c2c1. The minimum atomic E-state index is -0.439. The Morgan fingerprint density at radius 1 is 1.00 bits per heavy atom. The molecule has 3 aromatic carbocycles. The number of fused-ring (bicyclic) bond motifs is 2. The van der Waals surface area contributed by atoms with Gasteiger partial charge in [0, 0.05) is 22.2 Å². The maximum atomic E-state index is 15.0. The third-order valence-electron chi connectivity index (χ3n) is 5.43. The van der Waals surface area contributed by atoms with Crippen LogP contribution in [0, 0.1) is 5.82 Å². The van der Waals surface area contributed by atoms with E-state index in [1.165, 1.54) is 6.07 Å². The second-order valence-corrected chi connectivity index (χ2v) is 7.91. The molecular weight excluding hydrogens is 429 g/mol. The zero-order valence-corrected chi connectivity index (χ0v) is 17.3. The molecule has 0 spiro atoms. The van der Waals surface area contributed by atoms with Gasteiger partial charge in [0.15, 0.2) is 5.82 Å². The molecule has 6 rings (SSSR count). The van der Waals surface area contributed by atoms with E-state index in [-0.39, 0.29) is 5.52 Å². The van der Waals surface area contributed by atoms with Crippen molar-refractivity contribution >= 4 is 33.5 Å².